The fraction of sp³-hybridized carbons (Fsp3) is 0.333. The zero-order chi connectivity index (χ0) is 15.1. The van der Waals surface area contributed by atoms with Crippen molar-refractivity contribution in [2.24, 2.45) is 0 Å². The van der Waals surface area contributed by atoms with Crippen LogP contribution in [0.25, 0.3) is 0 Å². The Morgan fingerprint density at radius 2 is 1.67 bits per heavy atom. The number of para-hydroxylation sites is 1. The van der Waals surface area contributed by atoms with Gasteiger partial charge in [-0.05, 0) is 36.2 Å². The van der Waals surface area contributed by atoms with Gasteiger partial charge in [0.25, 0.3) is 0 Å². The van der Waals surface area contributed by atoms with Crippen LogP contribution in [-0.4, -0.2) is 12.6 Å². The summed E-state index contributed by atoms with van der Waals surface area (Å²) in [6.07, 6.45) is 1.01. The van der Waals surface area contributed by atoms with Gasteiger partial charge in [-0.1, -0.05) is 50.2 Å². The Morgan fingerprint density at radius 3 is 2.33 bits per heavy atom. The first-order valence-electron chi connectivity index (χ1n) is 7.33. The van der Waals surface area contributed by atoms with E-state index in [9.17, 15) is 4.39 Å². The van der Waals surface area contributed by atoms with E-state index in [2.05, 4.69) is 31.3 Å². The Bertz CT molecular complexity index is 551. The first kappa shape index (κ1) is 15.5. The lowest BCUT2D eigenvalue weighted by atomic mass is 10.1. The summed E-state index contributed by atoms with van der Waals surface area (Å²) >= 11 is 0. The summed E-state index contributed by atoms with van der Waals surface area (Å²) in [6, 6.07) is 15.2. The largest absolute Gasteiger partial charge is 0.486 e. The van der Waals surface area contributed by atoms with Crippen molar-refractivity contribution in [3.63, 3.8) is 0 Å². The lowest BCUT2D eigenvalue weighted by Gasteiger charge is -2.09. The molecule has 0 amide bonds. The number of halogens is 1. The topological polar surface area (TPSA) is 21.3 Å². The van der Waals surface area contributed by atoms with E-state index in [4.69, 9.17) is 4.74 Å². The Morgan fingerprint density at radius 1 is 1.00 bits per heavy atom. The number of rotatable bonds is 7. The smallest absolute Gasteiger partial charge is 0.165 e. The standard InChI is InChI=1S/C18H22FNO/c1-14(2)20-12-11-15-7-9-16(10-8-15)13-21-18-6-4-3-5-17(18)19/h3-10,14,20H,11-13H2,1-2H3. The van der Waals surface area contributed by atoms with Crippen LogP contribution in [0.5, 0.6) is 5.75 Å². The zero-order valence-corrected chi connectivity index (χ0v) is 12.6. The Balaban J connectivity index is 1.84. The van der Waals surface area contributed by atoms with Crippen LogP contribution in [0.1, 0.15) is 25.0 Å². The molecule has 0 atom stereocenters. The van der Waals surface area contributed by atoms with E-state index in [-0.39, 0.29) is 5.82 Å². The molecule has 0 unspecified atom stereocenters. The number of hydrogen-bond donors (Lipinski definition) is 1. The van der Waals surface area contributed by atoms with Gasteiger partial charge in [0, 0.05) is 6.04 Å². The number of ether oxygens (including phenoxy) is 1. The molecule has 0 aliphatic heterocycles. The van der Waals surface area contributed by atoms with E-state index < -0.39 is 0 Å². The fourth-order valence-electron chi connectivity index (χ4n) is 2.03. The van der Waals surface area contributed by atoms with Crippen LogP contribution in [0.15, 0.2) is 48.5 Å². The molecule has 0 radical (unpaired) electrons. The molecule has 3 heteroatoms. The highest BCUT2D eigenvalue weighted by Gasteiger charge is 2.02. The van der Waals surface area contributed by atoms with Gasteiger partial charge in [-0.2, -0.15) is 0 Å². The quantitative estimate of drug-likeness (QED) is 0.832. The molecule has 112 valence electrons. The van der Waals surface area contributed by atoms with Gasteiger partial charge in [-0.3, -0.25) is 0 Å². The first-order chi connectivity index (χ1) is 10.1. The molecule has 0 saturated carbocycles. The van der Waals surface area contributed by atoms with Crippen molar-refractivity contribution in [1.82, 2.24) is 5.32 Å². The average Bonchev–Trinajstić information content (AvgIpc) is 2.47. The molecule has 2 aromatic carbocycles. The summed E-state index contributed by atoms with van der Waals surface area (Å²) in [4.78, 5) is 0. The summed E-state index contributed by atoms with van der Waals surface area (Å²) in [6.45, 7) is 5.64. The van der Waals surface area contributed by atoms with Gasteiger partial charge in [0.2, 0.25) is 0 Å². The summed E-state index contributed by atoms with van der Waals surface area (Å²) in [5, 5.41) is 3.40. The first-order valence-corrected chi connectivity index (χ1v) is 7.33. The van der Waals surface area contributed by atoms with Gasteiger partial charge in [0.15, 0.2) is 11.6 Å². The molecule has 0 bridgehead atoms. The molecule has 1 N–H and O–H groups in total. The Kier molecular flexibility index (Phi) is 5.76. The SMILES string of the molecule is CC(C)NCCc1ccc(COc2ccccc2F)cc1. The van der Waals surface area contributed by atoms with Crippen molar-refractivity contribution in [3.05, 3.63) is 65.5 Å². The molecule has 0 heterocycles. The molecule has 2 nitrogen and oxygen atoms in total. The summed E-state index contributed by atoms with van der Waals surface area (Å²) < 4.78 is 18.9. The third-order valence-corrected chi connectivity index (χ3v) is 3.22. The molecule has 0 fully saturated rings. The molecule has 0 aromatic heterocycles. The molecule has 2 aromatic rings. The highest BCUT2D eigenvalue weighted by Crippen LogP contribution is 2.17. The third-order valence-electron chi connectivity index (χ3n) is 3.22. The van der Waals surface area contributed by atoms with Gasteiger partial charge < -0.3 is 10.1 Å². The number of hydrogen-bond acceptors (Lipinski definition) is 2. The van der Waals surface area contributed by atoms with Gasteiger partial charge in [0.1, 0.15) is 6.61 Å². The minimum absolute atomic E-state index is 0.294. The monoisotopic (exact) mass is 287 g/mol. The Hall–Kier alpha value is -1.87. The molecule has 2 rings (SSSR count). The zero-order valence-electron chi connectivity index (χ0n) is 12.6. The second-order valence-corrected chi connectivity index (χ2v) is 5.39. The van der Waals surface area contributed by atoms with E-state index >= 15 is 0 Å². The van der Waals surface area contributed by atoms with Crippen LogP contribution < -0.4 is 10.1 Å². The average molecular weight is 287 g/mol. The Labute approximate surface area is 126 Å². The van der Waals surface area contributed by atoms with E-state index in [1.807, 2.05) is 12.1 Å². The van der Waals surface area contributed by atoms with E-state index in [1.165, 1.54) is 11.6 Å². The van der Waals surface area contributed by atoms with Crippen LogP contribution >= 0.6 is 0 Å². The number of nitrogens with one attached hydrogen (secondary N) is 1. The summed E-state index contributed by atoms with van der Waals surface area (Å²) in [5.74, 6) is -0.0309. The van der Waals surface area contributed by atoms with Crippen LogP contribution in [-0.2, 0) is 13.0 Å². The maximum absolute atomic E-state index is 13.4. The van der Waals surface area contributed by atoms with Crippen LogP contribution in [0.2, 0.25) is 0 Å². The predicted molar refractivity (Wildman–Crippen MR) is 84.0 cm³/mol. The maximum atomic E-state index is 13.4. The summed E-state index contributed by atoms with van der Waals surface area (Å²) in [7, 11) is 0. The summed E-state index contributed by atoms with van der Waals surface area (Å²) in [5.41, 5.74) is 2.33. The highest BCUT2D eigenvalue weighted by molar-refractivity contribution is 5.26. The van der Waals surface area contributed by atoms with Crippen LogP contribution in [0, 0.1) is 5.82 Å². The van der Waals surface area contributed by atoms with E-state index in [0.717, 1.165) is 18.5 Å². The maximum Gasteiger partial charge on any atom is 0.165 e. The van der Waals surface area contributed by atoms with Crippen LogP contribution in [0.3, 0.4) is 0 Å². The molecule has 0 spiro atoms. The van der Waals surface area contributed by atoms with Crippen molar-refractivity contribution >= 4 is 0 Å². The van der Waals surface area contributed by atoms with Crippen molar-refractivity contribution in [2.75, 3.05) is 6.54 Å². The molecule has 0 saturated heterocycles. The normalized spacial score (nSPS) is 10.9. The van der Waals surface area contributed by atoms with Gasteiger partial charge >= 0.3 is 0 Å². The van der Waals surface area contributed by atoms with Gasteiger partial charge in [-0.15, -0.1) is 0 Å². The van der Waals surface area contributed by atoms with Gasteiger partial charge in [0.05, 0.1) is 0 Å². The van der Waals surface area contributed by atoms with E-state index in [0.29, 0.717) is 18.4 Å². The molecule has 0 aliphatic rings. The molecule has 0 aliphatic carbocycles. The predicted octanol–water partition coefficient (Wildman–Crippen LogP) is 3.95. The fourth-order valence-corrected chi connectivity index (χ4v) is 2.03. The van der Waals surface area contributed by atoms with Crippen molar-refractivity contribution in [3.8, 4) is 5.75 Å². The minimum Gasteiger partial charge on any atom is -0.486 e. The third kappa shape index (κ3) is 5.20. The lowest BCUT2D eigenvalue weighted by Crippen LogP contribution is -2.24. The van der Waals surface area contributed by atoms with Crippen LogP contribution in [0.4, 0.5) is 4.39 Å². The van der Waals surface area contributed by atoms with Crippen molar-refractivity contribution in [2.45, 2.75) is 32.9 Å². The second-order valence-electron chi connectivity index (χ2n) is 5.39. The van der Waals surface area contributed by atoms with Crippen molar-refractivity contribution in [1.29, 1.82) is 0 Å². The molecule has 21 heavy (non-hydrogen) atoms. The van der Waals surface area contributed by atoms with Gasteiger partial charge in [-0.25, -0.2) is 4.39 Å². The second kappa shape index (κ2) is 7.79. The highest BCUT2D eigenvalue weighted by atomic mass is 19.1. The van der Waals surface area contributed by atoms with E-state index in [1.54, 1.807) is 18.2 Å². The lowest BCUT2D eigenvalue weighted by molar-refractivity contribution is 0.290. The molecular weight excluding hydrogens is 265 g/mol. The molecular formula is C18H22FNO. The minimum atomic E-state index is -0.325. The number of benzene rings is 2. The van der Waals surface area contributed by atoms with Crippen molar-refractivity contribution < 1.29 is 9.13 Å².